The third-order valence-electron chi connectivity index (χ3n) is 5.88. The van der Waals surface area contributed by atoms with E-state index < -0.39 is 0 Å². The molecule has 29 heavy (non-hydrogen) atoms. The van der Waals surface area contributed by atoms with Crippen molar-refractivity contribution in [3.8, 4) is 0 Å². The van der Waals surface area contributed by atoms with E-state index in [9.17, 15) is 0 Å². The summed E-state index contributed by atoms with van der Waals surface area (Å²) in [6.07, 6.45) is 5.65. The van der Waals surface area contributed by atoms with Crippen molar-refractivity contribution in [3.05, 3.63) is 83.2 Å². The molecule has 0 bridgehead atoms. The normalized spacial score (nSPS) is 23.3. The summed E-state index contributed by atoms with van der Waals surface area (Å²) in [6.45, 7) is 8.58. The summed E-state index contributed by atoms with van der Waals surface area (Å²) in [5.74, 6) is 0. The van der Waals surface area contributed by atoms with Crippen molar-refractivity contribution in [3.63, 3.8) is 0 Å². The number of hydrogen-bond donors (Lipinski definition) is 0. The van der Waals surface area contributed by atoms with E-state index in [0.717, 1.165) is 24.0 Å². The Morgan fingerprint density at radius 1 is 1.14 bits per heavy atom. The van der Waals surface area contributed by atoms with Crippen molar-refractivity contribution in [1.29, 1.82) is 0 Å². The molecule has 3 aromatic heterocycles. The van der Waals surface area contributed by atoms with Gasteiger partial charge in [-0.25, -0.2) is 0 Å². The van der Waals surface area contributed by atoms with Gasteiger partial charge in [0.1, 0.15) is 6.04 Å². The van der Waals surface area contributed by atoms with Gasteiger partial charge in [-0.15, -0.1) is 0 Å². The van der Waals surface area contributed by atoms with E-state index >= 15 is 0 Å². The minimum absolute atomic E-state index is 0.0403. The average molecular weight is 404 g/mol. The number of fused-ring (bicyclic) bond motifs is 1. The third-order valence-corrected chi connectivity index (χ3v) is 6.98. The van der Waals surface area contributed by atoms with Crippen molar-refractivity contribution < 1.29 is 0 Å². The highest BCUT2D eigenvalue weighted by molar-refractivity contribution is 8.14. The van der Waals surface area contributed by atoms with Crippen LogP contribution in [-0.4, -0.2) is 36.4 Å². The molecule has 0 amide bonds. The average Bonchev–Trinajstić information content (AvgIpc) is 3.35. The first-order chi connectivity index (χ1) is 14.1. The molecule has 0 spiro atoms. The second-order valence-corrected chi connectivity index (χ2v) is 9.32. The lowest BCUT2D eigenvalue weighted by atomic mass is 9.96. The summed E-state index contributed by atoms with van der Waals surface area (Å²) >= 11 is 1.89. The Morgan fingerprint density at radius 3 is 2.79 bits per heavy atom. The molecule has 5 nitrogen and oxygen atoms in total. The van der Waals surface area contributed by atoms with Crippen molar-refractivity contribution in [2.24, 2.45) is 4.99 Å². The zero-order chi connectivity index (χ0) is 20.0. The molecule has 0 N–H and O–H groups in total. The third kappa shape index (κ3) is 3.25. The standard InChI is InChI=1S/C23H25N5S/c1-15-11-19(17(3)27(15)14-18-7-6-9-24-12-18)22-21(20-8-4-5-10-25-20)26-23-28(22)13-16(2)29-23/h4-12,16,21-22H,13-14H2,1-3H3/t16-,21+,22-/m1/s1. The first kappa shape index (κ1) is 18.4. The Morgan fingerprint density at radius 2 is 2.03 bits per heavy atom. The van der Waals surface area contributed by atoms with Crippen molar-refractivity contribution >= 4 is 16.9 Å². The molecule has 5 heterocycles. The Hall–Kier alpha value is -2.60. The fraction of sp³-hybridized carbons (Fsp3) is 0.348. The lowest BCUT2D eigenvalue weighted by Gasteiger charge is -2.27. The van der Waals surface area contributed by atoms with Gasteiger partial charge in [-0.3, -0.25) is 15.0 Å². The van der Waals surface area contributed by atoms with Crippen LogP contribution in [-0.2, 0) is 6.54 Å². The molecule has 1 fully saturated rings. The second kappa shape index (κ2) is 7.34. The van der Waals surface area contributed by atoms with Gasteiger partial charge in [0.25, 0.3) is 0 Å². The van der Waals surface area contributed by atoms with Gasteiger partial charge in [-0.05, 0) is 49.2 Å². The molecule has 0 aliphatic carbocycles. The van der Waals surface area contributed by atoms with Gasteiger partial charge < -0.3 is 9.47 Å². The molecule has 2 aliphatic heterocycles. The summed E-state index contributed by atoms with van der Waals surface area (Å²) in [7, 11) is 0. The van der Waals surface area contributed by atoms with Crippen LogP contribution in [0.3, 0.4) is 0 Å². The van der Waals surface area contributed by atoms with Gasteiger partial charge in [0.2, 0.25) is 0 Å². The maximum atomic E-state index is 5.12. The summed E-state index contributed by atoms with van der Waals surface area (Å²) in [5, 5.41) is 1.73. The van der Waals surface area contributed by atoms with E-state index in [1.807, 2.05) is 42.5 Å². The van der Waals surface area contributed by atoms with Gasteiger partial charge >= 0.3 is 0 Å². The van der Waals surface area contributed by atoms with Crippen LogP contribution in [0.1, 0.15) is 47.2 Å². The summed E-state index contributed by atoms with van der Waals surface area (Å²) in [4.78, 5) is 16.5. The van der Waals surface area contributed by atoms with Gasteiger partial charge in [-0.1, -0.05) is 30.8 Å². The Labute approximate surface area is 175 Å². The fourth-order valence-electron chi connectivity index (χ4n) is 4.50. The quantitative estimate of drug-likeness (QED) is 0.642. The Kier molecular flexibility index (Phi) is 4.66. The maximum absolute atomic E-state index is 5.12. The first-order valence-electron chi connectivity index (χ1n) is 10.1. The molecule has 3 aromatic rings. The number of aliphatic imine (C=N–C) groups is 1. The van der Waals surface area contributed by atoms with E-state index in [4.69, 9.17) is 4.99 Å². The number of aryl methyl sites for hydroxylation is 1. The van der Waals surface area contributed by atoms with Gasteiger partial charge in [0, 0.05) is 48.3 Å². The predicted molar refractivity (Wildman–Crippen MR) is 118 cm³/mol. The van der Waals surface area contributed by atoms with E-state index in [2.05, 4.69) is 64.5 Å². The summed E-state index contributed by atoms with van der Waals surface area (Å²) in [6, 6.07) is 12.9. The van der Waals surface area contributed by atoms with Crippen LogP contribution in [0.25, 0.3) is 0 Å². The molecular weight excluding hydrogens is 378 g/mol. The minimum Gasteiger partial charge on any atom is -0.344 e. The second-order valence-electron chi connectivity index (χ2n) is 7.91. The highest BCUT2D eigenvalue weighted by Crippen LogP contribution is 2.48. The molecule has 0 saturated carbocycles. The van der Waals surface area contributed by atoms with E-state index in [0.29, 0.717) is 5.25 Å². The molecule has 5 rings (SSSR count). The van der Waals surface area contributed by atoms with Crippen LogP contribution in [0.15, 0.2) is 60.0 Å². The highest BCUT2D eigenvalue weighted by atomic mass is 32.2. The van der Waals surface area contributed by atoms with E-state index in [1.165, 1.54) is 22.5 Å². The molecule has 1 saturated heterocycles. The first-order valence-corrected chi connectivity index (χ1v) is 11.0. The molecule has 3 atom stereocenters. The lowest BCUT2D eigenvalue weighted by Crippen LogP contribution is -2.29. The molecule has 0 unspecified atom stereocenters. The number of rotatable bonds is 4. The van der Waals surface area contributed by atoms with Crippen LogP contribution in [0.2, 0.25) is 0 Å². The van der Waals surface area contributed by atoms with Crippen LogP contribution < -0.4 is 0 Å². The zero-order valence-corrected chi connectivity index (χ0v) is 17.8. The highest BCUT2D eigenvalue weighted by Gasteiger charge is 2.44. The number of pyridine rings is 2. The largest absolute Gasteiger partial charge is 0.344 e. The van der Waals surface area contributed by atoms with Gasteiger partial charge in [-0.2, -0.15) is 0 Å². The zero-order valence-electron chi connectivity index (χ0n) is 17.0. The van der Waals surface area contributed by atoms with Crippen LogP contribution in [0.4, 0.5) is 0 Å². The molecule has 0 aromatic carbocycles. The number of nitrogens with zero attached hydrogens (tertiary/aromatic N) is 5. The van der Waals surface area contributed by atoms with Crippen molar-refractivity contribution in [1.82, 2.24) is 19.4 Å². The predicted octanol–water partition coefficient (Wildman–Crippen LogP) is 4.53. The van der Waals surface area contributed by atoms with E-state index in [1.54, 1.807) is 0 Å². The Bertz CT molecular complexity index is 1040. The van der Waals surface area contributed by atoms with Crippen LogP contribution >= 0.6 is 11.8 Å². The number of hydrogen-bond acceptors (Lipinski definition) is 5. The maximum Gasteiger partial charge on any atom is 0.160 e. The molecule has 2 aliphatic rings. The molecular formula is C23H25N5S. The molecule has 148 valence electrons. The molecule has 0 radical (unpaired) electrons. The minimum atomic E-state index is 0.0403. The smallest absolute Gasteiger partial charge is 0.160 e. The monoisotopic (exact) mass is 403 g/mol. The van der Waals surface area contributed by atoms with Gasteiger partial charge in [0.15, 0.2) is 5.17 Å². The van der Waals surface area contributed by atoms with Gasteiger partial charge in [0.05, 0.1) is 11.7 Å². The number of aromatic nitrogens is 3. The number of amidine groups is 1. The van der Waals surface area contributed by atoms with Crippen LogP contribution in [0, 0.1) is 13.8 Å². The van der Waals surface area contributed by atoms with Crippen molar-refractivity contribution in [2.45, 2.75) is 44.6 Å². The SMILES string of the molecule is Cc1cc([C@@H]2[C@H](c3ccccn3)N=C3S[C@H](C)CN32)c(C)n1Cc1cccnc1. The summed E-state index contributed by atoms with van der Waals surface area (Å²) in [5.41, 5.74) is 6.20. The topological polar surface area (TPSA) is 46.3 Å². The van der Waals surface area contributed by atoms with Crippen LogP contribution in [0.5, 0.6) is 0 Å². The van der Waals surface area contributed by atoms with E-state index in [-0.39, 0.29) is 12.1 Å². The summed E-state index contributed by atoms with van der Waals surface area (Å²) < 4.78 is 2.40. The lowest BCUT2D eigenvalue weighted by molar-refractivity contribution is 0.320. The fourth-order valence-corrected chi connectivity index (χ4v) is 5.59. The number of thioether (sulfide) groups is 1. The molecule has 6 heteroatoms. The Balaban J connectivity index is 1.55. The van der Waals surface area contributed by atoms with Crippen molar-refractivity contribution in [2.75, 3.05) is 6.54 Å².